The standard InChI is InChI=1S/C12H19N7O/c1-4-10-14-11(17-18(10)3)15-12(20)13-6-8-19-7-5-9(2)16-19/h5,7H,4,6,8H2,1-3H3,(H2,13,15,17,20). The van der Waals surface area contributed by atoms with E-state index in [2.05, 4.69) is 25.8 Å². The van der Waals surface area contributed by atoms with Crippen molar-refractivity contribution in [3.05, 3.63) is 23.8 Å². The molecule has 0 fully saturated rings. The number of hydrogen-bond donors (Lipinski definition) is 2. The first-order valence-corrected chi connectivity index (χ1v) is 6.53. The van der Waals surface area contributed by atoms with E-state index in [1.54, 1.807) is 16.4 Å². The summed E-state index contributed by atoms with van der Waals surface area (Å²) in [6, 6.07) is 1.60. The summed E-state index contributed by atoms with van der Waals surface area (Å²) in [6.07, 6.45) is 2.65. The summed E-state index contributed by atoms with van der Waals surface area (Å²) in [5.74, 6) is 1.14. The molecule has 0 aliphatic rings. The Morgan fingerprint density at radius 3 is 2.80 bits per heavy atom. The summed E-state index contributed by atoms with van der Waals surface area (Å²) < 4.78 is 3.44. The molecule has 0 saturated heterocycles. The van der Waals surface area contributed by atoms with E-state index in [4.69, 9.17) is 0 Å². The minimum atomic E-state index is -0.317. The molecule has 0 atom stereocenters. The van der Waals surface area contributed by atoms with E-state index in [9.17, 15) is 4.79 Å². The lowest BCUT2D eigenvalue weighted by Gasteiger charge is -2.05. The number of nitrogens with one attached hydrogen (secondary N) is 2. The highest BCUT2D eigenvalue weighted by atomic mass is 16.2. The second-order valence-corrected chi connectivity index (χ2v) is 4.43. The first-order valence-electron chi connectivity index (χ1n) is 6.53. The Hall–Kier alpha value is -2.38. The Bertz CT molecular complexity index is 586. The van der Waals surface area contributed by atoms with Crippen LogP contribution in [0.1, 0.15) is 18.4 Å². The average Bonchev–Trinajstić information content (AvgIpc) is 2.95. The quantitative estimate of drug-likeness (QED) is 0.842. The summed E-state index contributed by atoms with van der Waals surface area (Å²) in [4.78, 5) is 15.9. The highest BCUT2D eigenvalue weighted by molar-refractivity contribution is 5.87. The van der Waals surface area contributed by atoms with E-state index in [1.807, 2.05) is 26.1 Å². The fraction of sp³-hybridized carbons (Fsp3) is 0.500. The number of amides is 2. The number of hydrogen-bond acceptors (Lipinski definition) is 4. The van der Waals surface area contributed by atoms with Gasteiger partial charge < -0.3 is 5.32 Å². The summed E-state index contributed by atoms with van der Waals surface area (Å²) in [5, 5.41) is 13.7. The number of aryl methyl sites for hydroxylation is 3. The van der Waals surface area contributed by atoms with Gasteiger partial charge >= 0.3 is 6.03 Å². The van der Waals surface area contributed by atoms with Gasteiger partial charge in [-0.2, -0.15) is 10.1 Å². The van der Waals surface area contributed by atoms with Crippen molar-refractivity contribution in [2.75, 3.05) is 11.9 Å². The molecule has 0 spiro atoms. The SMILES string of the molecule is CCc1nc(NC(=O)NCCn2ccc(C)n2)nn1C. The molecule has 0 aromatic carbocycles. The molecule has 2 aromatic rings. The fourth-order valence-corrected chi connectivity index (χ4v) is 1.80. The van der Waals surface area contributed by atoms with Crippen LogP contribution < -0.4 is 10.6 Å². The van der Waals surface area contributed by atoms with Gasteiger partial charge in [0.25, 0.3) is 0 Å². The number of carbonyl (C=O) groups is 1. The molecule has 8 nitrogen and oxygen atoms in total. The van der Waals surface area contributed by atoms with Crippen LogP contribution in [0.4, 0.5) is 10.7 Å². The molecule has 2 N–H and O–H groups in total. The summed E-state index contributed by atoms with van der Waals surface area (Å²) in [6.45, 7) is 5.02. The molecule has 0 saturated carbocycles. The van der Waals surface area contributed by atoms with Crippen LogP contribution in [-0.2, 0) is 20.0 Å². The molecule has 0 aliphatic heterocycles. The van der Waals surface area contributed by atoms with Crippen molar-refractivity contribution in [2.45, 2.75) is 26.8 Å². The van der Waals surface area contributed by atoms with E-state index in [0.717, 1.165) is 17.9 Å². The number of carbonyl (C=O) groups excluding carboxylic acids is 1. The lowest BCUT2D eigenvalue weighted by Crippen LogP contribution is -2.32. The van der Waals surface area contributed by atoms with Crippen LogP contribution in [0.15, 0.2) is 12.3 Å². The van der Waals surface area contributed by atoms with Crippen molar-refractivity contribution >= 4 is 12.0 Å². The molecule has 0 aliphatic carbocycles. The zero-order chi connectivity index (χ0) is 14.5. The van der Waals surface area contributed by atoms with Crippen LogP contribution in [0, 0.1) is 6.92 Å². The highest BCUT2D eigenvalue weighted by Crippen LogP contribution is 2.01. The molecule has 0 bridgehead atoms. The van der Waals surface area contributed by atoms with Gasteiger partial charge in [-0.3, -0.25) is 14.7 Å². The monoisotopic (exact) mass is 277 g/mol. The Kier molecular flexibility index (Phi) is 4.34. The Morgan fingerprint density at radius 2 is 2.20 bits per heavy atom. The van der Waals surface area contributed by atoms with Gasteiger partial charge in [0, 0.05) is 26.2 Å². The minimum absolute atomic E-state index is 0.316. The molecular weight excluding hydrogens is 258 g/mol. The topological polar surface area (TPSA) is 89.7 Å². The molecule has 0 radical (unpaired) electrons. The highest BCUT2D eigenvalue weighted by Gasteiger charge is 2.08. The largest absolute Gasteiger partial charge is 0.336 e. The van der Waals surface area contributed by atoms with Crippen LogP contribution >= 0.6 is 0 Å². The van der Waals surface area contributed by atoms with Gasteiger partial charge in [-0.15, -0.1) is 5.10 Å². The van der Waals surface area contributed by atoms with Crippen molar-refractivity contribution in [3.63, 3.8) is 0 Å². The van der Waals surface area contributed by atoms with E-state index >= 15 is 0 Å². The van der Waals surface area contributed by atoms with E-state index < -0.39 is 0 Å². The lowest BCUT2D eigenvalue weighted by atomic mass is 10.5. The number of nitrogens with zero attached hydrogens (tertiary/aromatic N) is 5. The smallest absolute Gasteiger partial charge is 0.321 e. The molecule has 0 unspecified atom stereocenters. The predicted molar refractivity (Wildman–Crippen MR) is 74.4 cm³/mol. The molecule has 2 heterocycles. The van der Waals surface area contributed by atoms with Crippen molar-refractivity contribution < 1.29 is 4.79 Å². The van der Waals surface area contributed by atoms with Gasteiger partial charge in [0.2, 0.25) is 5.95 Å². The van der Waals surface area contributed by atoms with Gasteiger partial charge in [0.1, 0.15) is 5.82 Å². The maximum Gasteiger partial charge on any atom is 0.321 e. The lowest BCUT2D eigenvalue weighted by molar-refractivity contribution is 0.251. The van der Waals surface area contributed by atoms with Crippen LogP contribution in [-0.4, -0.2) is 37.1 Å². The van der Waals surface area contributed by atoms with Gasteiger partial charge in [0.05, 0.1) is 12.2 Å². The van der Waals surface area contributed by atoms with Gasteiger partial charge in [0.15, 0.2) is 0 Å². The Balaban J connectivity index is 1.77. The van der Waals surface area contributed by atoms with Crippen LogP contribution in [0.5, 0.6) is 0 Å². The molecule has 20 heavy (non-hydrogen) atoms. The van der Waals surface area contributed by atoms with Crippen molar-refractivity contribution in [2.24, 2.45) is 7.05 Å². The summed E-state index contributed by atoms with van der Waals surface area (Å²) in [5.41, 5.74) is 0.958. The first-order chi connectivity index (χ1) is 9.58. The van der Waals surface area contributed by atoms with Crippen LogP contribution in [0.3, 0.4) is 0 Å². The second-order valence-electron chi connectivity index (χ2n) is 4.43. The number of anilines is 1. The predicted octanol–water partition coefficient (Wildman–Crippen LogP) is 0.704. The summed E-state index contributed by atoms with van der Waals surface area (Å²) in [7, 11) is 1.80. The molecule has 108 valence electrons. The van der Waals surface area contributed by atoms with E-state index in [0.29, 0.717) is 19.0 Å². The Labute approximate surface area is 117 Å². The van der Waals surface area contributed by atoms with E-state index in [-0.39, 0.29) is 6.03 Å². The normalized spacial score (nSPS) is 10.6. The molecule has 8 heteroatoms. The fourth-order valence-electron chi connectivity index (χ4n) is 1.80. The van der Waals surface area contributed by atoms with Gasteiger partial charge in [-0.1, -0.05) is 6.92 Å². The third-order valence-corrected chi connectivity index (χ3v) is 2.80. The third-order valence-electron chi connectivity index (χ3n) is 2.80. The van der Waals surface area contributed by atoms with E-state index in [1.165, 1.54) is 0 Å². The molecular formula is C12H19N7O. The van der Waals surface area contributed by atoms with Crippen molar-refractivity contribution in [1.82, 2.24) is 29.9 Å². The first kappa shape index (κ1) is 14.0. The maximum absolute atomic E-state index is 11.7. The number of urea groups is 1. The van der Waals surface area contributed by atoms with Crippen molar-refractivity contribution in [1.29, 1.82) is 0 Å². The molecule has 2 aromatic heterocycles. The zero-order valence-corrected chi connectivity index (χ0v) is 11.9. The number of aromatic nitrogens is 5. The Morgan fingerprint density at radius 1 is 1.40 bits per heavy atom. The molecule has 2 amide bonds. The molecule has 2 rings (SSSR count). The van der Waals surface area contributed by atoms with Crippen LogP contribution in [0.25, 0.3) is 0 Å². The van der Waals surface area contributed by atoms with Crippen molar-refractivity contribution in [3.8, 4) is 0 Å². The average molecular weight is 277 g/mol. The maximum atomic E-state index is 11.7. The minimum Gasteiger partial charge on any atom is -0.336 e. The van der Waals surface area contributed by atoms with Crippen LogP contribution in [0.2, 0.25) is 0 Å². The van der Waals surface area contributed by atoms with Gasteiger partial charge in [-0.25, -0.2) is 4.79 Å². The van der Waals surface area contributed by atoms with Gasteiger partial charge in [-0.05, 0) is 13.0 Å². The number of rotatable bonds is 5. The summed E-state index contributed by atoms with van der Waals surface area (Å²) >= 11 is 0. The zero-order valence-electron chi connectivity index (χ0n) is 11.9. The third kappa shape index (κ3) is 3.56. The second kappa shape index (κ2) is 6.18.